The molecule has 4 rings (SSSR count). The first kappa shape index (κ1) is 31.6. The lowest BCUT2D eigenvalue weighted by atomic mass is 9.60. The number of primary amides is 1. The molecular formula is C30H37F3N2O7. The van der Waals surface area contributed by atoms with Crippen molar-refractivity contribution in [2.75, 3.05) is 7.05 Å². The van der Waals surface area contributed by atoms with Crippen molar-refractivity contribution in [1.29, 1.82) is 0 Å². The predicted molar refractivity (Wildman–Crippen MR) is 145 cm³/mol. The fourth-order valence-corrected chi connectivity index (χ4v) is 7.14. The maximum Gasteiger partial charge on any atom is 0.417 e. The average Bonchev–Trinajstić information content (AvgIpc) is 2.78. The summed E-state index contributed by atoms with van der Waals surface area (Å²) >= 11 is 0. The fraction of sp³-hybridized carbons (Fsp3) is 0.567. The lowest BCUT2D eigenvalue weighted by molar-refractivity contribution is -0.144. The zero-order valence-corrected chi connectivity index (χ0v) is 24.4. The van der Waals surface area contributed by atoms with Crippen LogP contribution >= 0.6 is 0 Å². The second kappa shape index (κ2) is 9.84. The molecule has 3 aliphatic rings. The standard InChI is InChI=1S/C30H37F3N2O7/c1-27(2,3)12-28(4,5)35(6)11-14-9-17(36)20-16(22(14)30(31,32)33)8-13-7-15-10-18(37)21(26(34)41)25(40)29(15,42)24(39)19(13)23(20)38/h9,13,15,36-37,39,42H,7-8,10-12H2,1-6H3,(H2,34,41)/t13?,15-,29-/m0/s1. The monoisotopic (exact) mass is 594 g/mol. The topological polar surface area (TPSA) is 161 Å². The summed E-state index contributed by atoms with van der Waals surface area (Å²) in [6, 6.07) is 0.902. The molecule has 9 nitrogen and oxygen atoms in total. The molecule has 0 radical (unpaired) electrons. The van der Waals surface area contributed by atoms with Crippen LogP contribution in [0.3, 0.4) is 0 Å². The maximum absolute atomic E-state index is 14.7. The molecule has 6 N–H and O–H groups in total. The third-order valence-electron chi connectivity index (χ3n) is 8.83. The van der Waals surface area contributed by atoms with Gasteiger partial charge in [-0.05, 0) is 68.7 Å². The van der Waals surface area contributed by atoms with Crippen molar-refractivity contribution in [3.05, 3.63) is 51.0 Å². The lowest BCUT2D eigenvalue weighted by Crippen LogP contribution is -2.57. The van der Waals surface area contributed by atoms with Crippen LogP contribution in [0.2, 0.25) is 0 Å². The van der Waals surface area contributed by atoms with Crippen LogP contribution in [0.4, 0.5) is 13.2 Å². The number of allylic oxidation sites excluding steroid dienone is 2. The molecular weight excluding hydrogens is 557 g/mol. The number of benzene rings is 1. The van der Waals surface area contributed by atoms with Gasteiger partial charge in [0.2, 0.25) is 5.78 Å². The normalized spacial score (nSPS) is 25.0. The number of ketones is 2. The van der Waals surface area contributed by atoms with Crippen LogP contribution in [0.1, 0.15) is 80.9 Å². The van der Waals surface area contributed by atoms with Crippen molar-refractivity contribution < 1.29 is 48.0 Å². The molecule has 1 aromatic carbocycles. The number of aromatic hydroxyl groups is 1. The number of nitrogens with two attached hydrogens (primary N) is 1. The van der Waals surface area contributed by atoms with Gasteiger partial charge < -0.3 is 26.2 Å². The largest absolute Gasteiger partial charge is 0.511 e. The summed E-state index contributed by atoms with van der Waals surface area (Å²) in [5.74, 6) is -8.77. The number of hydrogen-bond acceptors (Lipinski definition) is 8. The highest BCUT2D eigenvalue weighted by atomic mass is 19.4. The van der Waals surface area contributed by atoms with E-state index in [1.54, 1.807) is 11.9 Å². The summed E-state index contributed by atoms with van der Waals surface area (Å²) in [6.07, 6.45) is -5.41. The highest BCUT2D eigenvalue weighted by Crippen LogP contribution is 2.53. The number of Topliss-reactive ketones (excluding diaryl/α,β-unsaturated/α-hetero) is 2. The minimum atomic E-state index is -4.90. The molecule has 0 bridgehead atoms. The third-order valence-corrected chi connectivity index (χ3v) is 8.83. The highest BCUT2D eigenvalue weighted by molar-refractivity contribution is 6.24. The van der Waals surface area contributed by atoms with E-state index in [0.29, 0.717) is 6.42 Å². The lowest BCUT2D eigenvalue weighted by Gasteiger charge is -2.46. The van der Waals surface area contributed by atoms with Crippen molar-refractivity contribution >= 4 is 17.5 Å². The summed E-state index contributed by atoms with van der Waals surface area (Å²) in [7, 11) is 1.69. The van der Waals surface area contributed by atoms with E-state index in [4.69, 9.17) is 5.73 Å². The molecule has 1 aromatic rings. The molecule has 1 amide bonds. The van der Waals surface area contributed by atoms with Crippen molar-refractivity contribution in [3.63, 3.8) is 0 Å². The van der Waals surface area contributed by atoms with Crippen LogP contribution in [0.25, 0.3) is 0 Å². The van der Waals surface area contributed by atoms with E-state index in [1.165, 1.54) is 0 Å². The SMILES string of the molecule is CN(Cc1cc(O)c2c(c1C(F)(F)F)CC1C[C@H]3CC(O)=C(C(N)=O)C(=O)[C@@]3(O)C(O)=C1C2=O)C(C)(C)CC(C)(C)C. The van der Waals surface area contributed by atoms with E-state index in [9.17, 15) is 48.0 Å². The van der Waals surface area contributed by atoms with Crippen molar-refractivity contribution in [2.24, 2.45) is 23.0 Å². The number of carbonyl (C=O) groups is 3. The Morgan fingerprint density at radius 1 is 1.10 bits per heavy atom. The van der Waals surface area contributed by atoms with Crippen molar-refractivity contribution in [1.82, 2.24) is 4.90 Å². The van der Waals surface area contributed by atoms with E-state index in [2.05, 4.69) is 0 Å². The van der Waals surface area contributed by atoms with Crippen LogP contribution in [-0.4, -0.2) is 61.0 Å². The number of rotatable bonds is 5. The van der Waals surface area contributed by atoms with Gasteiger partial charge in [0.05, 0.1) is 11.1 Å². The first-order chi connectivity index (χ1) is 19.0. The number of aliphatic hydroxyl groups excluding tert-OH is 2. The Morgan fingerprint density at radius 3 is 2.21 bits per heavy atom. The number of phenols is 1. The number of amides is 1. The molecule has 12 heteroatoms. The molecule has 3 aliphatic carbocycles. The maximum atomic E-state index is 14.7. The molecule has 0 fully saturated rings. The summed E-state index contributed by atoms with van der Waals surface area (Å²) in [6.45, 7) is 9.71. The number of aliphatic hydroxyl groups is 3. The van der Waals surface area contributed by atoms with Gasteiger partial charge in [-0.2, -0.15) is 13.2 Å². The summed E-state index contributed by atoms with van der Waals surface area (Å²) in [4.78, 5) is 40.3. The quantitative estimate of drug-likeness (QED) is 0.316. The van der Waals surface area contributed by atoms with E-state index >= 15 is 0 Å². The first-order valence-corrected chi connectivity index (χ1v) is 13.7. The Hall–Kier alpha value is -3.38. The zero-order valence-electron chi connectivity index (χ0n) is 24.4. The second-order valence-corrected chi connectivity index (χ2v) is 13.6. The van der Waals surface area contributed by atoms with E-state index in [0.717, 1.165) is 6.07 Å². The van der Waals surface area contributed by atoms with E-state index in [1.807, 2.05) is 34.6 Å². The van der Waals surface area contributed by atoms with Crippen LogP contribution in [0, 0.1) is 17.3 Å². The average molecular weight is 595 g/mol. The number of phenolic OH excluding ortho intramolecular Hbond substituents is 1. The van der Waals surface area contributed by atoms with Gasteiger partial charge in [-0.1, -0.05) is 20.8 Å². The van der Waals surface area contributed by atoms with Gasteiger partial charge in [0.1, 0.15) is 22.8 Å². The Balaban J connectivity index is 1.86. The minimum Gasteiger partial charge on any atom is -0.511 e. The molecule has 0 aliphatic heterocycles. The summed E-state index contributed by atoms with van der Waals surface area (Å²) in [5.41, 5.74) is -2.07. The molecule has 0 saturated heterocycles. The summed E-state index contributed by atoms with van der Waals surface area (Å²) in [5, 5.41) is 43.6. The van der Waals surface area contributed by atoms with Gasteiger partial charge in [-0.15, -0.1) is 0 Å². The van der Waals surface area contributed by atoms with E-state index in [-0.39, 0.29) is 23.9 Å². The molecule has 0 aromatic heterocycles. The Bertz CT molecular complexity index is 1450. The second-order valence-electron chi connectivity index (χ2n) is 13.6. The van der Waals surface area contributed by atoms with Crippen LogP contribution < -0.4 is 5.73 Å². The molecule has 1 unspecified atom stereocenters. The molecule has 3 atom stereocenters. The van der Waals surface area contributed by atoms with Crippen LogP contribution in [0.5, 0.6) is 5.75 Å². The molecule has 230 valence electrons. The van der Waals surface area contributed by atoms with Gasteiger partial charge >= 0.3 is 6.18 Å². The number of nitrogens with zero attached hydrogens (tertiary/aromatic N) is 1. The fourth-order valence-electron chi connectivity index (χ4n) is 7.14. The van der Waals surface area contributed by atoms with Gasteiger partial charge in [-0.3, -0.25) is 19.3 Å². The molecule has 0 heterocycles. The Labute approximate surface area is 241 Å². The number of alkyl halides is 3. The minimum absolute atomic E-state index is 0.120. The Morgan fingerprint density at radius 2 is 1.69 bits per heavy atom. The molecule has 0 spiro atoms. The first-order valence-electron chi connectivity index (χ1n) is 13.7. The Kier molecular flexibility index (Phi) is 7.39. The number of halogens is 3. The van der Waals surface area contributed by atoms with E-state index < -0.39 is 105 Å². The van der Waals surface area contributed by atoms with Gasteiger partial charge in [-0.25, -0.2) is 0 Å². The molecule has 42 heavy (non-hydrogen) atoms. The zero-order chi connectivity index (χ0) is 31.9. The van der Waals surface area contributed by atoms with Crippen LogP contribution in [-0.2, 0) is 28.7 Å². The van der Waals surface area contributed by atoms with Crippen molar-refractivity contribution in [3.8, 4) is 5.75 Å². The van der Waals surface area contributed by atoms with Gasteiger partial charge in [0, 0.05) is 30.0 Å². The number of hydrogen-bond donors (Lipinski definition) is 5. The predicted octanol–water partition coefficient (Wildman–Crippen LogP) is 4.25. The molecule has 0 saturated carbocycles. The third kappa shape index (κ3) is 4.98. The number of carbonyl (C=O) groups excluding carboxylic acids is 3. The van der Waals surface area contributed by atoms with Gasteiger partial charge in [0.15, 0.2) is 11.4 Å². The number of fused-ring (bicyclic) bond motifs is 3. The van der Waals surface area contributed by atoms with Crippen molar-refractivity contribution in [2.45, 2.75) is 84.2 Å². The van der Waals surface area contributed by atoms with Crippen LogP contribution in [0.15, 0.2) is 28.7 Å². The van der Waals surface area contributed by atoms with Gasteiger partial charge in [0.25, 0.3) is 5.91 Å². The highest BCUT2D eigenvalue weighted by Gasteiger charge is 2.60. The smallest absolute Gasteiger partial charge is 0.417 e. The summed E-state index contributed by atoms with van der Waals surface area (Å²) < 4.78 is 44.2.